The van der Waals surface area contributed by atoms with Crippen molar-refractivity contribution < 1.29 is 9.53 Å². The van der Waals surface area contributed by atoms with Crippen molar-refractivity contribution in [2.45, 2.75) is 19.8 Å². The van der Waals surface area contributed by atoms with Gasteiger partial charge in [-0.2, -0.15) is 0 Å². The lowest BCUT2D eigenvalue weighted by Crippen LogP contribution is -2.23. The summed E-state index contributed by atoms with van der Waals surface area (Å²) in [5.41, 5.74) is -0.394. The van der Waals surface area contributed by atoms with Crippen LogP contribution in [-0.4, -0.2) is 22.0 Å². The zero-order valence-electron chi connectivity index (χ0n) is 9.38. The molecule has 5 nitrogen and oxygen atoms in total. The predicted molar refractivity (Wildman–Crippen MR) is 64.5 cm³/mol. The van der Waals surface area contributed by atoms with Crippen LogP contribution < -0.4 is 5.56 Å². The first-order valence-corrected chi connectivity index (χ1v) is 6.24. The fourth-order valence-electron chi connectivity index (χ4n) is 1.35. The number of hydrogen-bond acceptors (Lipinski definition) is 5. The van der Waals surface area contributed by atoms with E-state index in [1.165, 1.54) is 21.9 Å². The summed E-state index contributed by atoms with van der Waals surface area (Å²) >= 11 is 1.34. The largest absolute Gasteiger partial charge is 0.462 e. The molecule has 0 bridgehead atoms. The lowest BCUT2D eigenvalue weighted by Gasteiger charge is -2.02. The predicted octanol–water partition coefficient (Wildman–Crippen LogP) is 1.71. The minimum atomic E-state index is -0.600. The van der Waals surface area contributed by atoms with E-state index in [2.05, 4.69) is 4.98 Å². The molecule has 0 spiro atoms. The van der Waals surface area contributed by atoms with E-state index in [0.29, 0.717) is 11.6 Å². The summed E-state index contributed by atoms with van der Waals surface area (Å²) in [5, 5.41) is 1.75. The van der Waals surface area contributed by atoms with Gasteiger partial charge in [-0.15, -0.1) is 11.3 Å². The number of ether oxygens (including phenoxy) is 1. The van der Waals surface area contributed by atoms with Gasteiger partial charge in [0, 0.05) is 11.6 Å². The summed E-state index contributed by atoms with van der Waals surface area (Å²) in [6, 6.07) is 0. The number of carbonyl (C=O) groups excluding carboxylic acids is 1. The van der Waals surface area contributed by atoms with Gasteiger partial charge in [0.2, 0.25) is 0 Å². The number of nitrogens with zero attached hydrogens (tertiary/aromatic N) is 2. The number of carbonyl (C=O) groups is 1. The van der Waals surface area contributed by atoms with Crippen LogP contribution in [0.2, 0.25) is 0 Å². The van der Waals surface area contributed by atoms with Gasteiger partial charge in [0.05, 0.1) is 12.8 Å². The van der Waals surface area contributed by atoms with E-state index in [-0.39, 0.29) is 11.1 Å². The quantitative estimate of drug-likeness (QED) is 0.614. The Hall–Kier alpha value is -1.69. The molecule has 0 aromatic carbocycles. The molecule has 0 aliphatic rings. The smallest absolute Gasteiger partial charge is 0.345 e. The minimum Gasteiger partial charge on any atom is -0.462 e. The van der Waals surface area contributed by atoms with Crippen molar-refractivity contribution in [1.82, 2.24) is 9.38 Å². The maximum Gasteiger partial charge on any atom is 0.345 e. The fourth-order valence-corrected chi connectivity index (χ4v) is 2.03. The summed E-state index contributed by atoms with van der Waals surface area (Å²) < 4.78 is 6.33. The minimum absolute atomic E-state index is 0.0167. The second kappa shape index (κ2) is 5.09. The lowest BCUT2D eigenvalue weighted by atomic mass is 10.3. The fraction of sp³-hybridized carbons (Fsp3) is 0.364. The van der Waals surface area contributed by atoms with Crippen LogP contribution in [0.15, 0.2) is 22.6 Å². The number of hydrogen-bond donors (Lipinski definition) is 0. The third-order valence-corrected chi connectivity index (χ3v) is 3.06. The Morgan fingerprint density at radius 2 is 2.41 bits per heavy atom. The van der Waals surface area contributed by atoms with Crippen LogP contribution in [0.4, 0.5) is 0 Å². The van der Waals surface area contributed by atoms with E-state index in [9.17, 15) is 9.59 Å². The van der Waals surface area contributed by atoms with E-state index in [1.807, 2.05) is 6.92 Å². The van der Waals surface area contributed by atoms with Crippen molar-refractivity contribution in [2.24, 2.45) is 0 Å². The molecule has 0 aliphatic heterocycles. The molecule has 0 atom stereocenters. The Morgan fingerprint density at radius 1 is 1.59 bits per heavy atom. The highest BCUT2D eigenvalue weighted by atomic mass is 32.1. The Labute approximate surface area is 102 Å². The SMILES string of the molecule is CCCCOC(=O)c1cnc2sccn2c1=O. The van der Waals surface area contributed by atoms with Crippen LogP contribution in [0.5, 0.6) is 0 Å². The van der Waals surface area contributed by atoms with Gasteiger partial charge in [-0.05, 0) is 6.42 Å². The van der Waals surface area contributed by atoms with E-state index in [1.54, 1.807) is 11.6 Å². The molecule has 2 rings (SSSR count). The topological polar surface area (TPSA) is 60.7 Å². The van der Waals surface area contributed by atoms with E-state index in [0.717, 1.165) is 12.8 Å². The standard InChI is InChI=1S/C11H12N2O3S/c1-2-3-5-16-10(15)8-7-12-11-13(9(8)14)4-6-17-11/h4,6-7H,2-3,5H2,1H3. The Balaban J connectivity index is 2.26. The van der Waals surface area contributed by atoms with E-state index < -0.39 is 5.97 Å². The van der Waals surface area contributed by atoms with Crippen molar-refractivity contribution in [1.29, 1.82) is 0 Å². The molecule has 0 aliphatic carbocycles. The molecular formula is C11H12N2O3S. The molecule has 90 valence electrons. The van der Waals surface area contributed by atoms with E-state index >= 15 is 0 Å². The zero-order chi connectivity index (χ0) is 12.3. The molecule has 0 saturated heterocycles. The molecule has 0 N–H and O–H groups in total. The molecular weight excluding hydrogens is 240 g/mol. The second-order valence-corrected chi connectivity index (χ2v) is 4.40. The highest BCUT2D eigenvalue weighted by Gasteiger charge is 2.14. The highest BCUT2D eigenvalue weighted by Crippen LogP contribution is 2.06. The first-order chi connectivity index (χ1) is 8.24. The first kappa shape index (κ1) is 11.8. The van der Waals surface area contributed by atoms with Crippen LogP contribution in [0.1, 0.15) is 30.1 Å². The summed E-state index contributed by atoms with van der Waals surface area (Å²) in [6.45, 7) is 2.34. The number of unbranched alkanes of at least 4 members (excludes halogenated alkanes) is 1. The molecule has 0 amide bonds. The molecule has 2 aromatic rings. The lowest BCUT2D eigenvalue weighted by molar-refractivity contribution is 0.0497. The van der Waals surface area contributed by atoms with Crippen LogP contribution >= 0.6 is 11.3 Å². The van der Waals surface area contributed by atoms with E-state index in [4.69, 9.17) is 4.74 Å². The van der Waals surface area contributed by atoms with Crippen molar-refractivity contribution in [3.8, 4) is 0 Å². The second-order valence-electron chi connectivity index (χ2n) is 3.52. The molecule has 0 fully saturated rings. The van der Waals surface area contributed by atoms with Gasteiger partial charge in [0.1, 0.15) is 5.56 Å². The maximum absolute atomic E-state index is 11.9. The number of rotatable bonds is 4. The monoisotopic (exact) mass is 252 g/mol. The van der Waals surface area contributed by atoms with Crippen molar-refractivity contribution >= 4 is 22.3 Å². The van der Waals surface area contributed by atoms with Crippen LogP contribution in [0.25, 0.3) is 4.96 Å². The van der Waals surface area contributed by atoms with Crippen LogP contribution in [-0.2, 0) is 4.74 Å². The molecule has 17 heavy (non-hydrogen) atoms. The normalized spacial score (nSPS) is 10.6. The first-order valence-electron chi connectivity index (χ1n) is 5.36. The summed E-state index contributed by atoms with van der Waals surface area (Å²) in [4.78, 5) is 28.1. The summed E-state index contributed by atoms with van der Waals surface area (Å²) in [5.74, 6) is -0.600. The van der Waals surface area contributed by atoms with Gasteiger partial charge in [-0.1, -0.05) is 13.3 Å². The number of aromatic nitrogens is 2. The highest BCUT2D eigenvalue weighted by molar-refractivity contribution is 7.15. The van der Waals surface area contributed by atoms with Gasteiger partial charge in [0.25, 0.3) is 5.56 Å². The van der Waals surface area contributed by atoms with Gasteiger partial charge < -0.3 is 4.74 Å². The van der Waals surface area contributed by atoms with Gasteiger partial charge in [-0.3, -0.25) is 9.20 Å². The van der Waals surface area contributed by atoms with Crippen molar-refractivity contribution in [2.75, 3.05) is 6.61 Å². The summed E-state index contributed by atoms with van der Waals surface area (Å²) in [7, 11) is 0. The molecule has 2 aromatic heterocycles. The van der Waals surface area contributed by atoms with Gasteiger partial charge in [0.15, 0.2) is 4.96 Å². The third-order valence-electron chi connectivity index (χ3n) is 2.29. The molecule has 6 heteroatoms. The van der Waals surface area contributed by atoms with Crippen LogP contribution in [0, 0.1) is 0 Å². The van der Waals surface area contributed by atoms with Gasteiger partial charge >= 0.3 is 5.97 Å². The zero-order valence-corrected chi connectivity index (χ0v) is 10.2. The van der Waals surface area contributed by atoms with Crippen LogP contribution in [0.3, 0.4) is 0 Å². The Bertz CT molecular complexity index is 588. The van der Waals surface area contributed by atoms with Gasteiger partial charge in [-0.25, -0.2) is 9.78 Å². The number of fused-ring (bicyclic) bond motifs is 1. The molecule has 2 heterocycles. The summed E-state index contributed by atoms with van der Waals surface area (Å²) in [6.07, 6.45) is 4.61. The average Bonchev–Trinajstić information content (AvgIpc) is 2.78. The molecule has 0 radical (unpaired) electrons. The van der Waals surface area contributed by atoms with Crippen molar-refractivity contribution in [3.63, 3.8) is 0 Å². The Kier molecular flexibility index (Phi) is 3.53. The average molecular weight is 252 g/mol. The van der Waals surface area contributed by atoms with Crippen molar-refractivity contribution in [3.05, 3.63) is 33.7 Å². The molecule has 0 unspecified atom stereocenters. The Morgan fingerprint density at radius 3 is 3.18 bits per heavy atom. The molecule has 0 saturated carbocycles. The number of esters is 1. The number of thiazole rings is 1. The maximum atomic E-state index is 11.9. The third kappa shape index (κ3) is 2.36.